The molecule has 342 valence electrons. The van der Waals surface area contributed by atoms with Crippen molar-refractivity contribution in [3.05, 3.63) is 259 Å². The second kappa shape index (κ2) is 19.9. The molecule has 0 heterocycles. The quantitative estimate of drug-likeness (QED) is 0.128. The Bertz CT molecular complexity index is 3880. The lowest BCUT2D eigenvalue weighted by molar-refractivity contribution is 1.05. The molecule has 0 spiro atoms. The molecule has 1 aliphatic rings. The summed E-state index contributed by atoms with van der Waals surface area (Å²) in [7, 11) is 0. The number of nitrogens with zero attached hydrogens (tertiary/aromatic N) is 4. The molecule has 0 amide bonds. The molecule has 0 unspecified atom stereocenters. The van der Waals surface area contributed by atoms with Crippen LogP contribution in [0.1, 0.15) is 43.4 Å². The first-order valence-electron chi connectivity index (χ1n) is 24.8. The van der Waals surface area contributed by atoms with Crippen LogP contribution in [0.4, 0.5) is 34.1 Å². The van der Waals surface area contributed by atoms with Gasteiger partial charge < -0.3 is 9.80 Å². The fraction of sp³-hybridized carbons (Fsp3) is 0.0588. The third kappa shape index (κ3) is 8.12. The molecule has 0 N–H and O–H groups in total. The Labute approximate surface area is 421 Å². The van der Waals surface area contributed by atoms with E-state index >= 15 is 0 Å². The van der Waals surface area contributed by atoms with E-state index in [0.29, 0.717) is 11.1 Å². The Morgan fingerprint density at radius 2 is 0.806 bits per heavy atom. The highest BCUT2D eigenvalue weighted by Crippen LogP contribution is 2.52. The van der Waals surface area contributed by atoms with E-state index in [9.17, 15) is 10.5 Å². The molecule has 0 aliphatic heterocycles. The van der Waals surface area contributed by atoms with Gasteiger partial charge in [-0.25, -0.2) is 0 Å². The van der Waals surface area contributed by atoms with Crippen LogP contribution in [0.2, 0.25) is 0 Å². The van der Waals surface area contributed by atoms with Gasteiger partial charge in [-0.05, 0) is 128 Å². The van der Waals surface area contributed by atoms with Crippen molar-refractivity contribution < 1.29 is 0 Å². The summed E-state index contributed by atoms with van der Waals surface area (Å²) in [6.07, 6.45) is 8.39. The number of hydrogen-bond donors (Lipinski definition) is 0. The highest BCUT2D eigenvalue weighted by molar-refractivity contribution is 6.28. The van der Waals surface area contributed by atoms with Crippen LogP contribution in [0.5, 0.6) is 0 Å². The van der Waals surface area contributed by atoms with Gasteiger partial charge in [-0.1, -0.05) is 196 Å². The number of nitriles is 2. The molecule has 4 nitrogen and oxygen atoms in total. The maximum atomic E-state index is 11.2. The summed E-state index contributed by atoms with van der Waals surface area (Å²) < 4.78 is 0. The third-order valence-electron chi connectivity index (χ3n) is 13.7. The van der Waals surface area contributed by atoms with E-state index < -0.39 is 0 Å². The van der Waals surface area contributed by atoms with Crippen LogP contribution in [0.3, 0.4) is 0 Å². The molecule has 0 bridgehead atoms. The molecule has 0 atom stereocenters. The van der Waals surface area contributed by atoms with E-state index in [2.05, 4.69) is 216 Å². The highest BCUT2D eigenvalue weighted by Gasteiger charge is 2.28. The first-order valence-corrected chi connectivity index (χ1v) is 24.8. The van der Waals surface area contributed by atoms with Crippen LogP contribution >= 0.6 is 0 Å². The number of hydrogen-bond acceptors (Lipinski definition) is 4. The topological polar surface area (TPSA) is 54.1 Å². The fourth-order valence-corrected chi connectivity index (χ4v) is 10.5. The lowest BCUT2D eigenvalue weighted by atomic mass is 9.89. The smallest absolute Gasteiger partial charge is 0.101 e. The van der Waals surface area contributed by atoms with Crippen LogP contribution in [-0.4, -0.2) is 0 Å². The van der Waals surface area contributed by atoms with Gasteiger partial charge in [-0.2, -0.15) is 10.5 Å². The molecular formula is C68H50N4. The third-order valence-corrected chi connectivity index (χ3v) is 13.7. The van der Waals surface area contributed by atoms with Crippen molar-refractivity contribution in [3.63, 3.8) is 0 Å². The monoisotopic (exact) mass is 922 g/mol. The zero-order valence-corrected chi connectivity index (χ0v) is 40.3. The van der Waals surface area contributed by atoms with Crippen molar-refractivity contribution in [3.8, 4) is 45.5 Å². The lowest BCUT2D eigenvalue weighted by Gasteiger charge is -2.32. The van der Waals surface area contributed by atoms with E-state index in [-0.39, 0.29) is 0 Å². The van der Waals surface area contributed by atoms with Gasteiger partial charge in [0.25, 0.3) is 0 Å². The largest absolute Gasteiger partial charge is 0.308 e. The fourth-order valence-electron chi connectivity index (χ4n) is 10.5. The maximum absolute atomic E-state index is 11.2. The van der Waals surface area contributed by atoms with Gasteiger partial charge in [-0.15, -0.1) is 0 Å². The molecule has 0 saturated carbocycles. The van der Waals surface area contributed by atoms with Gasteiger partial charge in [0.05, 0.1) is 33.9 Å². The number of benzene rings is 11. The van der Waals surface area contributed by atoms with Crippen molar-refractivity contribution in [2.45, 2.75) is 26.7 Å². The first-order chi connectivity index (χ1) is 35.7. The second-order valence-electron chi connectivity index (χ2n) is 17.8. The lowest BCUT2D eigenvalue weighted by Crippen LogP contribution is -2.14. The number of rotatable bonds is 10. The maximum Gasteiger partial charge on any atom is 0.101 e. The number of para-hydroxylation sites is 2. The molecule has 11 aromatic rings. The van der Waals surface area contributed by atoms with Crippen molar-refractivity contribution in [1.29, 1.82) is 10.5 Å². The Balaban J connectivity index is 0.00000277. The normalized spacial score (nSPS) is 11.9. The predicted octanol–water partition coefficient (Wildman–Crippen LogP) is 19.0. The van der Waals surface area contributed by atoms with Crippen LogP contribution in [0.15, 0.2) is 243 Å². The summed E-state index contributed by atoms with van der Waals surface area (Å²) in [5.41, 5.74) is 14.9. The molecule has 72 heavy (non-hydrogen) atoms. The molecule has 4 heteroatoms. The van der Waals surface area contributed by atoms with Gasteiger partial charge >= 0.3 is 0 Å². The van der Waals surface area contributed by atoms with Gasteiger partial charge in [-0.3, -0.25) is 0 Å². The SMILES string of the molecule is CC.N#Cc1cc(C2=CC=CCC2)cc(-c2ccccc2)c1N(c1ccccc1)c1ccc2ccc3c(N(c4ccccc4)c4c(C#N)cc(-c5ccccc5)cc4-c4ccccc4)ccc4ccc1c2c43. The van der Waals surface area contributed by atoms with Crippen LogP contribution in [-0.2, 0) is 0 Å². The molecule has 1 aliphatic carbocycles. The molecule has 12 rings (SSSR count). The van der Waals surface area contributed by atoms with Crippen LogP contribution in [0, 0.1) is 22.7 Å². The van der Waals surface area contributed by atoms with Gasteiger partial charge in [0, 0.05) is 33.3 Å². The Kier molecular flexibility index (Phi) is 12.4. The van der Waals surface area contributed by atoms with Crippen molar-refractivity contribution in [2.24, 2.45) is 0 Å². The van der Waals surface area contributed by atoms with Crippen molar-refractivity contribution >= 4 is 72.0 Å². The highest BCUT2D eigenvalue weighted by atomic mass is 15.2. The van der Waals surface area contributed by atoms with E-state index in [0.717, 1.165) is 118 Å². The Hall–Kier alpha value is -9.48. The molecule has 11 aromatic carbocycles. The molecule has 0 aromatic heterocycles. The van der Waals surface area contributed by atoms with E-state index in [1.165, 1.54) is 5.57 Å². The zero-order valence-electron chi connectivity index (χ0n) is 40.3. The Morgan fingerprint density at radius 3 is 1.24 bits per heavy atom. The summed E-state index contributed by atoms with van der Waals surface area (Å²) in [5, 5.41) is 29.0. The Morgan fingerprint density at radius 1 is 0.403 bits per heavy atom. The summed E-state index contributed by atoms with van der Waals surface area (Å²) >= 11 is 0. The zero-order chi connectivity index (χ0) is 49.0. The minimum absolute atomic E-state index is 0.570. The minimum atomic E-state index is 0.570. The van der Waals surface area contributed by atoms with Crippen LogP contribution < -0.4 is 9.80 Å². The summed E-state index contributed by atoms with van der Waals surface area (Å²) in [6, 6.07) is 83.7. The van der Waals surface area contributed by atoms with E-state index in [1.54, 1.807) is 0 Å². The van der Waals surface area contributed by atoms with E-state index in [1.807, 2.05) is 62.4 Å². The number of anilines is 6. The average molecular weight is 923 g/mol. The van der Waals surface area contributed by atoms with Gasteiger partial charge in [0.15, 0.2) is 0 Å². The standard InChI is InChI=1S/C66H44N4.C2H6/c67-43-53-39-51(45-19-7-1-8-20-45)41-59(47-23-11-3-12-24-47)65(53)69(55-27-15-5-16-28-55)61-37-33-49-32-36-58-62(38-34-50-31-35-57(61)63(49)64(50)58)70(56-29-17-6-18-30-56)66-54(44-68)40-52(46-21-9-2-10-22-46)42-60(66)48-25-13-4-14-26-48;1-2/h1-9,11-21,23-42H,10,22H2;1-2H3. The molecule has 0 saturated heterocycles. The second-order valence-corrected chi connectivity index (χ2v) is 17.8. The molecule has 0 radical (unpaired) electrons. The minimum Gasteiger partial charge on any atom is -0.308 e. The van der Waals surface area contributed by atoms with Gasteiger partial charge in [0.1, 0.15) is 12.1 Å². The summed E-state index contributed by atoms with van der Waals surface area (Å²) in [6.45, 7) is 4.00. The van der Waals surface area contributed by atoms with Crippen LogP contribution in [0.25, 0.3) is 71.3 Å². The average Bonchev–Trinajstić information content (AvgIpc) is 3.47. The summed E-state index contributed by atoms with van der Waals surface area (Å²) in [5.74, 6) is 0. The summed E-state index contributed by atoms with van der Waals surface area (Å²) in [4.78, 5) is 4.58. The van der Waals surface area contributed by atoms with E-state index in [4.69, 9.17) is 0 Å². The first kappa shape index (κ1) is 45.0. The van der Waals surface area contributed by atoms with Crippen molar-refractivity contribution in [1.82, 2.24) is 0 Å². The molecular weight excluding hydrogens is 873 g/mol. The predicted molar refractivity (Wildman–Crippen MR) is 303 cm³/mol. The number of allylic oxidation sites excluding steroid dienone is 4. The van der Waals surface area contributed by atoms with Crippen molar-refractivity contribution in [2.75, 3.05) is 9.80 Å². The van der Waals surface area contributed by atoms with Gasteiger partial charge in [0.2, 0.25) is 0 Å². The molecule has 0 fully saturated rings.